The molecule has 1 aliphatic heterocycles. The first-order valence-electron chi connectivity index (χ1n) is 7.34. The Kier molecular flexibility index (Phi) is 3.71. The van der Waals surface area contributed by atoms with Crippen LogP contribution in [-0.4, -0.2) is 0 Å². The maximum atomic E-state index is 6.38. The number of benzene rings is 3. The van der Waals surface area contributed by atoms with E-state index in [2.05, 4.69) is 86.5 Å². The lowest BCUT2D eigenvalue weighted by molar-refractivity contribution is 0.179. The van der Waals surface area contributed by atoms with Crippen molar-refractivity contribution in [3.8, 4) is 5.75 Å². The van der Waals surface area contributed by atoms with Crippen molar-refractivity contribution in [3.05, 3.63) is 74.7 Å². The summed E-state index contributed by atoms with van der Waals surface area (Å²) in [6.07, 6.45) is 2.22. The average molecular weight is 418 g/mol. The zero-order chi connectivity index (χ0) is 15.1. The largest absolute Gasteiger partial charge is 0.485 e. The smallest absolute Gasteiger partial charge is 0.131 e. The SMILES string of the molecule is Brc1ccc(C2CCc3ccc4cc(Br)ccc4c3O2)cc1. The van der Waals surface area contributed by atoms with Crippen molar-refractivity contribution in [1.29, 1.82) is 0 Å². The van der Waals surface area contributed by atoms with Gasteiger partial charge in [0.05, 0.1) is 0 Å². The fourth-order valence-corrected chi connectivity index (χ4v) is 3.70. The van der Waals surface area contributed by atoms with Crippen LogP contribution in [0.5, 0.6) is 5.75 Å². The number of fused-ring (bicyclic) bond motifs is 3. The van der Waals surface area contributed by atoms with Crippen molar-refractivity contribution in [3.63, 3.8) is 0 Å². The van der Waals surface area contributed by atoms with Crippen molar-refractivity contribution in [2.75, 3.05) is 0 Å². The van der Waals surface area contributed by atoms with Gasteiger partial charge in [-0.3, -0.25) is 0 Å². The van der Waals surface area contributed by atoms with E-state index in [1.807, 2.05) is 0 Å². The summed E-state index contributed by atoms with van der Waals surface area (Å²) in [5, 5.41) is 2.41. The molecule has 1 nitrogen and oxygen atoms in total. The van der Waals surface area contributed by atoms with Crippen LogP contribution in [0.15, 0.2) is 63.5 Å². The molecule has 0 saturated carbocycles. The maximum absolute atomic E-state index is 6.38. The fourth-order valence-electron chi connectivity index (χ4n) is 3.05. The summed E-state index contributed by atoms with van der Waals surface area (Å²) < 4.78 is 8.58. The third kappa shape index (κ3) is 2.57. The van der Waals surface area contributed by atoms with Crippen LogP contribution in [0.2, 0.25) is 0 Å². The molecule has 0 fully saturated rings. The van der Waals surface area contributed by atoms with Gasteiger partial charge in [-0.1, -0.05) is 56.1 Å². The zero-order valence-corrected chi connectivity index (χ0v) is 15.0. The summed E-state index contributed by atoms with van der Waals surface area (Å²) in [4.78, 5) is 0. The van der Waals surface area contributed by atoms with Crippen molar-refractivity contribution < 1.29 is 4.74 Å². The molecular weight excluding hydrogens is 404 g/mol. The van der Waals surface area contributed by atoms with E-state index in [1.54, 1.807) is 0 Å². The molecule has 0 aliphatic carbocycles. The van der Waals surface area contributed by atoms with E-state index in [-0.39, 0.29) is 6.10 Å². The summed E-state index contributed by atoms with van der Waals surface area (Å²) in [7, 11) is 0. The van der Waals surface area contributed by atoms with E-state index < -0.39 is 0 Å². The number of aryl methyl sites for hydroxylation is 1. The van der Waals surface area contributed by atoms with Crippen LogP contribution in [0.1, 0.15) is 23.7 Å². The van der Waals surface area contributed by atoms with E-state index in [1.165, 1.54) is 21.9 Å². The van der Waals surface area contributed by atoms with Crippen molar-refractivity contribution >= 4 is 42.6 Å². The van der Waals surface area contributed by atoms with E-state index >= 15 is 0 Å². The minimum Gasteiger partial charge on any atom is -0.485 e. The summed E-state index contributed by atoms with van der Waals surface area (Å²) in [6.45, 7) is 0. The lowest BCUT2D eigenvalue weighted by Gasteiger charge is -2.27. The third-order valence-electron chi connectivity index (χ3n) is 4.19. The molecule has 110 valence electrons. The van der Waals surface area contributed by atoms with Gasteiger partial charge in [0.2, 0.25) is 0 Å². The van der Waals surface area contributed by atoms with Crippen molar-refractivity contribution in [2.45, 2.75) is 18.9 Å². The molecule has 1 unspecified atom stereocenters. The molecule has 0 aromatic heterocycles. The molecule has 0 bridgehead atoms. The first-order valence-corrected chi connectivity index (χ1v) is 8.92. The van der Waals surface area contributed by atoms with Crippen LogP contribution in [0.3, 0.4) is 0 Å². The molecule has 1 aliphatic rings. The molecule has 1 atom stereocenters. The highest BCUT2D eigenvalue weighted by atomic mass is 79.9. The van der Waals surface area contributed by atoms with Crippen LogP contribution < -0.4 is 4.74 Å². The van der Waals surface area contributed by atoms with Gasteiger partial charge in [0.25, 0.3) is 0 Å². The van der Waals surface area contributed by atoms with E-state index in [4.69, 9.17) is 4.74 Å². The molecule has 0 N–H and O–H groups in total. The molecule has 0 saturated heterocycles. The second-order valence-electron chi connectivity index (χ2n) is 5.62. The second-order valence-corrected chi connectivity index (χ2v) is 7.45. The molecule has 0 radical (unpaired) electrons. The average Bonchev–Trinajstić information content (AvgIpc) is 2.54. The van der Waals surface area contributed by atoms with Crippen LogP contribution in [-0.2, 0) is 6.42 Å². The second kappa shape index (κ2) is 5.71. The van der Waals surface area contributed by atoms with Crippen LogP contribution >= 0.6 is 31.9 Å². The normalized spacial score (nSPS) is 17.1. The van der Waals surface area contributed by atoms with Crippen molar-refractivity contribution in [2.24, 2.45) is 0 Å². The summed E-state index contributed by atoms with van der Waals surface area (Å²) in [6, 6.07) is 19.2. The molecule has 0 spiro atoms. The minimum absolute atomic E-state index is 0.134. The fraction of sp³-hybridized carbons (Fsp3) is 0.158. The Morgan fingerprint density at radius 3 is 2.45 bits per heavy atom. The first kappa shape index (κ1) is 14.3. The molecule has 1 heterocycles. The van der Waals surface area contributed by atoms with Gasteiger partial charge in [-0.05, 0) is 59.7 Å². The van der Waals surface area contributed by atoms with Gasteiger partial charge in [-0.2, -0.15) is 0 Å². The monoisotopic (exact) mass is 416 g/mol. The van der Waals surface area contributed by atoms with Gasteiger partial charge in [-0.15, -0.1) is 0 Å². The number of halogens is 2. The van der Waals surface area contributed by atoms with Gasteiger partial charge in [0, 0.05) is 14.3 Å². The molecule has 3 heteroatoms. The molecule has 0 amide bonds. The summed E-state index contributed by atoms with van der Waals surface area (Å²) in [5.41, 5.74) is 2.55. The number of ether oxygens (including phenoxy) is 1. The molecular formula is C19H14Br2O. The van der Waals surface area contributed by atoms with Gasteiger partial charge in [0.15, 0.2) is 0 Å². The molecule has 22 heavy (non-hydrogen) atoms. The zero-order valence-electron chi connectivity index (χ0n) is 11.9. The maximum Gasteiger partial charge on any atom is 0.131 e. The minimum atomic E-state index is 0.134. The van der Waals surface area contributed by atoms with Gasteiger partial charge >= 0.3 is 0 Å². The van der Waals surface area contributed by atoms with Gasteiger partial charge < -0.3 is 4.74 Å². The Morgan fingerprint density at radius 2 is 1.64 bits per heavy atom. The molecule has 3 aromatic carbocycles. The highest BCUT2D eigenvalue weighted by Gasteiger charge is 2.23. The first-order chi connectivity index (χ1) is 10.7. The van der Waals surface area contributed by atoms with Crippen molar-refractivity contribution in [1.82, 2.24) is 0 Å². The molecule has 4 rings (SSSR count). The quantitative estimate of drug-likeness (QED) is 0.443. The Morgan fingerprint density at radius 1 is 0.864 bits per heavy atom. The van der Waals surface area contributed by atoms with Crippen LogP contribution in [0.25, 0.3) is 10.8 Å². The molecule has 3 aromatic rings. The highest BCUT2D eigenvalue weighted by molar-refractivity contribution is 9.10. The third-order valence-corrected chi connectivity index (χ3v) is 5.21. The Hall–Kier alpha value is -1.32. The van der Waals surface area contributed by atoms with Gasteiger partial charge in [0.1, 0.15) is 11.9 Å². The highest BCUT2D eigenvalue weighted by Crippen LogP contribution is 2.40. The van der Waals surface area contributed by atoms with Crippen LogP contribution in [0.4, 0.5) is 0 Å². The van der Waals surface area contributed by atoms with E-state index in [0.717, 1.165) is 27.5 Å². The number of rotatable bonds is 1. The van der Waals surface area contributed by atoms with Gasteiger partial charge in [-0.25, -0.2) is 0 Å². The Balaban J connectivity index is 1.77. The van der Waals surface area contributed by atoms with Crippen LogP contribution in [0, 0.1) is 0 Å². The van der Waals surface area contributed by atoms with E-state index in [9.17, 15) is 0 Å². The predicted molar refractivity (Wildman–Crippen MR) is 97.5 cm³/mol. The van der Waals surface area contributed by atoms with E-state index in [0.29, 0.717) is 0 Å². The Bertz CT molecular complexity index is 840. The predicted octanol–water partition coefficient (Wildman–Crippen LogP) is 6.43. The standard InChI is InChI=1S/C19H14Br2O/c20-15-6-3-12(4-7-15)18-10-5-13-1-2-14-11-16(21)8-9-17(14)19(13)22-18/h1-4,6-9,11,18H,5,10H2. The lowest BCUT2D eigenvalue weighted by atomic mass is 9.95. The lowest BCUT2D eigenvalue weighted by Crippen LogP contribution is -2.15. The number of hydrogen-bond donors (Lipinski definition) is 0. The Labute approximate surface area is 146 Å². The summed E-state index contributed by atoms with van der Waals surface area (Å²) >= 11 is 7.03. The number of hydrogen-bond acceptors (Lipinski definition) is 1. The topological polar surface area (TPSA) is 9.23 Å². The summed E-state index contributed by atoms with van der Waals surface area (Å²) in [5.74, 6) is 1.05.